The Hall–Kier alpha value is -2.20. The average Bonchev–Trinajstić information content (AvgIpc) is 2.25. The molecular weight excluding hydrogens is 283 g/mol. The summed E-state index contributed by atoms with van der Waals surface area (Å²) in [4.78, 5) is 12.1. The summed E-state index contributed by atoms with van der Waals surface area (Å²) in [5.74, 6) is -2.29. The number of ether oxygens (including phenoxy) is 2. The maximum atomic E-state index is 12.7. The highest BCUT2D eigenvalue weighted by Crippen LogP contribution is 2.42. The first-order valence-corrected chi connectivity index (χ1v) is 4.42. The monoisotopic (exact) mass is 288 g/mol. The van der Waals surface area contributed by atoms with Gasteiger partial charge in [-0.05, 0) is 0 Å². The van der Waals surface area contributed by atoms with E-state index in [0.717, 1.165) is 7.11 Å². The molecule has 0 atom stereocenters. The summed E-state index contributed by atoms with van der Waals surface area (Å²) in [6.07, 6.45) is -8.25. The number of nitrogens with zero attached hydrogens (tertiary/aromatic N) is 2. The highest BCUT2D eigenvalue weighted by atomic mass is 19.4. The molecular formula is C8H5F5N2O4. The van der Waals surface area contributed by atoms with Gasteiger partial charge in [-0.2, -0.15) is 0 Å². The molecule has 0 aliphatic rings. The number of nitro groups is 1. The van der Waals surface area contributed by atoms with Gasteiger partial charge in [0.25, 0.3) is 6.43 Å². The van der Waals surface area contributed by atoms with Crippen molar-refractivity contribution in [2.75, 3.05) is 7.11 Å². The van der Waals surface area contributed by atoms with Crippen LogP contribution in [0.2, 0.25) is 0 Å². The first-order valence-electron chi connectivity index (χ1n) is 4.42. The van der Waals surface area contributed by atoms with Crippen molar-refractivity contribution in [2.24, 2.45) is 0 Å². The fraction of sp³-hybridized carbons (Fsp3) is 0.375. The van der Waals surface area contributed by atoms with Crippen molar-refractivity contribution in [3.05, 3.63) is 21.9 Å². The molecule has 106 valence electrons. The summed E-state index contributed by atoms with van der Waals surface area (Å²) in [5, 5.41) is 10.6. The molecule has 1 rings (SSSR count). The second kappa shape index (κ2) is 5.20. The van der Waals surface area contributed by atoms with Crippen LogP contribution in [0.5, 0.6) is 11.6 Å². The van der Waals surface area contributed by atoms with Crippen molar-refractivity contribution in [3.8, 4) is 11.6 Å². The minimum atomic E-state index is -5.30. The van der Waals surface area contributed by atoms with Crippen LogP contribution < -0.4 is 9.47 Å². The molecule has 0 aromatic carbocycles. The number of hydrogen-bond acceptors (Lipinski definition) is 5. The van der Waals surface area contributed by atoms with Crippen LogP contribution in [0, 0.1) is 10.1 Å². The zero-order valence-electron chi connectivity index (χ0n) is 9.07. The van der Waals surface area contributed by atoms with Crippen molar-refractivity contribution < 1.29 is 36.3 Å². The molecule has 1 heterocycles. The second-order valence-corrected chi connectivity index (χ2v) is 3.00. The molecule has 0 fully saturated rings. The largest absolute Gasteiger partial charge is 0.574 e. The van der Waals surface area contributed by atoms with Crippen LogP contribution in [0.3, 0.4) is 0 Å². The number of halogens is 5. The maximum absolute atomic E-state index is 12.7. The topological polar surface area (TPSA) is 74.5 Å². The third-order valence-electron chi connectivity index (χ3n) is 1.86. The molecule has 19 heavy (non-hydrogen) atoms. The summed E-state index contributed by atoms with van der Waals surface area (Å²) in [7, 11) is 0.914. The van der Waals surface area contributed by atoms with Crippen LogP contribution in [-0.2, 0) is 0 Å². The second-order valence-electron chi connectivity index (χ2n) is 3.00. The van der Waals surface area contributed by atoms with E-state index in [0.29, 0.717) is 6.20 Å². The first-order chi connectivity index (χ1) is 8.67. The van der Waals surface area contributed by atoms with E-state index >= 15 is 0 Å². The van der Waals surface area contributed by atoms with Crippen LogP contribution in [0.1, 0.15) is 12.0 Å². The van der Waals surface area contributed by atoms with Gasteiger partial charge in [0.15, 0.2) is 5.75 Å². The van der Waals surface area contributed by atoms with Crippen LogP contribution in [0.25, 0.3) is 0 Å². The summed E-state index contributed by atoms with van der Waals surface area (Å²) in [5.41, 5.74) is -2.92. The summed E-state index contributed by atoms with van der Waals surface area (Å²) < 4.78 is 69.0. The molecule has 0 unspecified atom stereocenters. The lowest BCUT2D eigenvalue weighted by atomic mass is 10.2. The molecule has 0 saturated heterocycles. The minimum Gasteiger partial charge on any atom is -0.494 e. The zero-order valence-corrected chi connectivity index (χ0v) is 9.07. The highest BCUT2D eigenvalue weighted by molar-refractivity contribution is 5.55. The van der Waals surface area contributed by atoms with Gasteiger partial charge in [0.2, 0.25) is 0 Å². The molecule has 0 N–H and O–H groups in total. The minimum absolute atomic E-state index is 0.482. The Balaban J connectivity index is 3.49. The van der Waals surface area contributed by atoms with E-state index in [1.807, 2.05) is 0 Å². The van der Waals surface area contributed by atoms with Gasteiger partial charge in [0.1, 0.15) is 5.56 Å². The van der Waals surface area contributed by atoms with Crippen molar-refractivity contribution >= 4 is 5.69 Å². The van der Waals surface area contributed by atoms with Gasteiger partial charge in [0.05, 0.1) is 18.2 Å². The fourth-order valence-corrected chi connectivity index (χ4v) is 1.21. The lowest BCUT2D eigenvalue weighted by molar-refractivity contribution is -0.390. The summed E-state index contributed by atoms with van der Waals surface area (Å²) in [6.45, 7) is 0. The lowest BCUT2D eigenvalue weighted by Gasteiger charge is -2.12. The fourth-order valence-electron chi connectivity index (χ4n) is 1.21. The molecule has 1 aromatic rings. The molecule has 0 amide bonds. The summed E-state index contributed by atoms with van der Waals surface area (Å²) >= 11 is 0. The molecule has 0 saturated carbocycles. The third kappa shape index (κ3) is 3.39. The molecule has 0 radical (unpaired) electrons. The van der Waals surface area contributed by atoms with E-state index < -0.39 is 40.6 Å². The van der Waals surface area contributed by atoms with E-state index in [1.54, 1.807) is 0 Å². The Kier molecular flexibility index (Phi) is 4.07. The molecule has 0 spiro atoms. The van der Waals surface area contributed by atoms with Gasteiger partial charge < -0.3 is 9.47 Å². The van der Waals surface area contributed by atoms with Crippen LogP contribution in [0.4, 0.5) is 27.6 Å². The standard InChI is InChI=1S/C8H5F5N2O4/c1-18-3-2-14-7(19-8(11,12)13)5(15(16)17)4(3)6(9)10/h2,6H,1H3. The quantitative estimate of drug-likeness (QED) is 0.484. The molecule has 6 nitrogen and oxygen atoms in total. The first kappa shape index (κ1) is 14.9. The summed E-state index contributed by atoms with van der Waals surface area (Å²) in [6, 6.07) is 0. The van der Waals surface area contributed by atoms with E-state index in [2.05, 4.69) is 14.5 Å². The van der Waals surface area contributed by atoms with Crippen molar-refractivity contribution in [2.45, 2.75) is 12.8 Å². The van der Waals surface area contributed by atoms with Gasteiger partial charge >= 0.3 is 17.9 Å². The average molecular weight is 288 g/mol. The van der Waals surface area contributed by atoms with Crippen LogP contribution in [-0.4, -0.2) is 23.4 Å². The molecule has 1 aromatic heterocycles. The van der Waals surface area contributed by atoms with Crippen LogP contribution >= 0.6 is 0 Å². The number of alkyl halides is 5. The normalized spacial score (nSPS) is 11.5. The van der Waals surface area contributed by atoms with E-state index in [9.17, 15) is 32.1 Å². The molecule has 0 aliphatic heterocycles. The predicted molar refractivity (Wildman–Crippen MR) is 49.1 cm³/mol. The number of hydrogen-bond donors (Lipinski definition) is 0. The zero-order chi connectivity index (χ0) is 14.8. The Morgan fingerprint density at radius 3 is 2.37 bits per heavy atom. The Bertz CT molecular complexity index is 491. The Morgan fingerprint density at radius 2 is 2.00 bits per heavy atom. The van der Waals surface area contributed by atoms with Crippen molar-refractivity contribution in [1.82, 2.24) is 4.98 Å². The number of pyridine rings is 1. The van der Waals surface area contributed by atoms with Crippen molar-refractivity contribution in [3.63, 3.8) is 0 Å². The number of rotatable bonds is 4. The predicted octanol–water partition coefficient (Wildman–Crippen LogP) is 2.83. The third-order valence-corrected chi connectivity index (χ3v) is 1.86. The lowest BCUT2D eigenvalue weighted by Crippen LogP contribution is -2.19. The van der Waals surface area contributed by atoms with Gasteiger partial charge in [-0.25, -0.2) is 13.8 Å². The maximum Gasteiger partial charge on any atom is 0.574 e. The Morgan fingerprint density at radius 1 is 1.42 bits per heavy atom. The molecule has 11 heteroatoms. The molecule has 0 aliphatic carbocycles. The smallest absolute Gasteiger partial charge is 0.494 e. The van der Waals surface area contributed by atoms with Gasteiger partial charge in [-0.15, -0.1) is 13.2 Å². The Labute approximate surface area is 101 Å². The number of aromatic nitrogens is 1. The van der Waals surface area contributed by atoms with E-state index in [1.165, 1.54) is 0 Å². The van der Waals surface area contributed by atoms with Gasteiger partial charge in [-0.1, -0.05) is 0 Å². The number of methoxy groups -OCH3 is 1. The van der Waals surface area contributed by atoms with Crippen LogP contribution in [0.15, 0.2) is 6.20 Å². The highest BCUT2D eigenvalue weighted by Gasteiger charge is 2.39. The van der Waals surface area contributed by atoms with Crippen molar-refractivity contribution in [1.29, 1.82) is 0 Å². The van der Waals surface area contributed by atoms with E-state index in [4.69, 9.17) is 0 Å². The molecule has 0 bridgehead atoms. The van der Waals surface area contributed by atoms with Gasteiger partial charge in [-0.3, -0.25) is 10.1 Å². The van der Waals surface area contributed by atoms with E-state index in [-0.39, 0.29) is 0 Å². The van der Waals surface area contributed by atoms with Gasteiger partial charge in [0, 0.05) is 0 Å². The SMILES string of the molecule is COc1cnc(OC(F)(F)F)c([N+](=O)[O-])c1C(F)F.